The predicted molar refractivity (Wildman–Crippen MR) is 74.9 cm³/mol. The van der Waals surface area contributed by atoms with Crippen LogP contribution in [-0.4, -0.2) is 14.9 Å². The Morgan fingerprint density at radius 2 is 2.05 bits per heavy atom. The van der Waals surface area contributed by atoms with E-state index in [2.05, 4.69) is 0 Å². The van der Waals surface area contributed by atoms with Crippen molar-refractivity contribution < 1.29 is 4.79 Å². The summed E-state index contributed by atoms with van der Waals surface area (Å²) in [4.78, 5) is 35.6. The molecule has 2 aliphatic carbocycles. The van der Waals surface area contributed by atoms with Gasteiger partial charge in [0, 0.05) is 19.8 Å². The molecular formula is C15H20N2O3. The molecular weight excluding hydrogens is 256 g/mol. The molecule has 0 saturated heterocycles. The van der Waals surface area contributed by atoms with Crippen molar-refractivity contribution in [1.82, 2.24) is 9.13 Å². The second-order valence-electron chi connectivity index (χ2n) is 6.33. The van der Waals surface area contributed by atoms with E-state index in [1.54, 1.807) is 4.57 Å². The van der Waals surface area contributed by atoms with Gasteiger partial charge >= 0.3 is 5.69 Å². The number of hydrogen-bond acceptors (Lipinski definition) is 3. The van der Waals surface area contributed by atoms with Gasteiger partial charge in [0.25, 0.3) is 5.56 Å². The normalized spacial score (nSPS) is 28.0. The van der Waals surface area contributed by atoms with Gasteiger partial charge in [-0.2, -0.15) is 0 Å². The van der Waals surface area contributed by atoms with Crippen molar-refractivity contribution in [1.29, 1.82) is 0 Å². The lowest BCUT2D eigenvalue weighted by Crippen LogP contribution is -2.41. The molecule has 1 heterocycles. The van der Waals surface area contributed by atoms with Gasteiger partial charge in [-0.25, -0.2) is 4.79 Å². The second kappa shape index (κ2) is 4.72. The van der Waals surface area contributed by atoms with Crippen LogP contribution in [0.4, 0.5) is 0 Å². The van der Waals surface area contributed by atoms with Crippen LogP contribution in [0.25, 0.3) is 0 Å². The molecule has 1 aromatic rings. The quantitative estimate of drug-likeness (QED) is 0.779. The van der Waals surface area contributed by atoms with Crippen molar-refractivity contribution in [3.8, 4) is 0 Å². The van der Waals surface area contributed by atoms with Crippen LogP contribution in [-0.2, 0) is 13.6 Å². The van der Waals surface area contributed by atoms with Crippen LogP contribution < -0.4 is 11.2 Å². The first-order chi connectivity index (χ1) is 9.47. The number of ketones is 1. The van der Waals surface area contributed by atoms with E-state index in [0.29, 0.717) is 18.4 Å². The Bertz CT molecular complexity index is 671. The smallest absolute Gasteiger partial charge is 0.299 e. The minimum Gasteiger partial charge on any atom is -0.299 e. The van der Waals surface area contributed by atoms with Gasteiger partial charge in [-0.1, -0.05) is 6.42 Å². The Morgan fingerprint density at radius 3 is 2.60 bits per heavy atom. The first kappa shape index (κ1) is 13.3. The molecule has 2 saturated carbocycles. The molecule has 0 aromatic carbocycles. The number of rotatable bonds is 3. The summed E-state index contributed by atoms with van der Waals surface area (Å²) in [6, 6.07) is 0. The lowest BCUT2D eigenvalue weighted by Gasteiger charge is -2.22. The van der Waals surface area contributed by atoms with Gasteiger partial charge in [-0.15, -0.1) is 0 Å². The SMILES string of the molecule is CC(=O)c1cn(CC2CC3CCC2C3)c(=O)n(C)c1=O. The van der Waals surface area contributed by atoms with E-state index in [4.69, 9.17) is 0 Å². The Hall–Kier alpha value is -1.65. The third kappa shape index (κ3) is 2.05. The molecule has 2 aliphatic rings. The molecule has 0 N–H and O–H groups in total. The van der Waals surface area contributed by atoms with E-state index in [9.17, 15) is 14.4 Å². The van der Waals surface area contributed by atoms with Crippen molar-refractivity contribution >= 4 is 5.78 Å². The lowest BCUT2D eigenvalue weighted by molar-refractivity contribution is 0.101. The molecule has 1 aromatic heterocycles. The molecule has 5 heteroatoms. The number of hydrogen-bond donors (Lipinski definition) is 0. The molecule has 2 fully saturated rings. The van der Waals surface area contributed by atoms with E-state index in [-0.39, 0.29) is 17.0 Å². The Balaban J connectivity index is 1.95. The van der Waals surface area contributed by atoms with E-state index in [0.717, 1.165) is 10.5 Å². The summed E-state index contributed by atoms with van der Waals surface area (Å²) >= 11 is 0. The van der Waals surface area contributed by atoms with Crippen LogP contribution in [0.5, 0.6) is 0 Å². The molecule has 2 bridgehead atoms. The highest BCUT2D eigenvalue weighted by molar-refractivity contribution is 5.93. The average molecular weight is 276 g/mol. The maximum atomic E-state index is 12.2. The molecule has 5 nitrogen and oxygen atoms in total. The number of Topliss-reactive ketones (excluding diaryl/α,β-unsaturated/α-hetero) is 1. The topological polar surface area (TPSA) is 61.1 Å². The Labute approximate surface area is 117 Å². The predicted octanol–water partition coefficient (Wildman–Crippen LogP) is 1.19. The summed E-state index contributed by atoms with van der Waals surface area (Å²) in [6.07, 6.45) is 6.50. The fraction of sp³-hybridized carbons (Fsp3) is 0.667. The van der Waals surface area contributed by atoms with Gasteiger partial charge in [0.05, 0.1) is 5.56 Å². The lowest BCUT2D eigenvalue weighted by atomic mass is 9.89. The number of carbonyl (C=O) groups is 1. The minimum atomic E-state index is -0.494. The first-order valence-corrected chi connectivity index (χ1v) is 7.28. The summed E-state index contributed by atoms with van der Waals surface area (Å²) in [5.74, 6) is 1.77. The maximum absolute atomic E-state index is 12.2. The van der Waals surface area contributed by atoms with Crippen molar-refractivity contribution in [2.75, 3.05) is 0 Å². The highest BCUT2D eigenvalue weighted by atomic mass is 16.2. The fourth-order valence-corrected chi connectivity index (χ4v) is 3.95. The van der Waals surface area contributed by atoms with Crippen LogP contribution in [0.3, 0.4) is 0 Å². The zero-order valence-electron chi connectivity index (χ0n) is 12.0. The third-order valence-electron chi connectivity index (χ3n) is 5.05. The molecule has 20 heavy (non-hydrogen) atoms. The van der Waals surface area contributed by atoms with Crippen LogP contribution >= 0.6 is 0 Å². The standard InChI is InChI=1S/C15H20N2O3/c1-9(18)13-8-17(15(20)16(2)14(13)19)7-12-6-10-3-4-11(12)5-10/h8,10-12H,3-7H2,1-2H3. The first-order valence-electron chi connectivity index (χ1n) is 7.28. The van der Waals surface area contributed by atoms with Crippen molar-refractivity contribution in [3.05, 3.63) is 32.6 Å². The van der Waals surface area contributed by atoms with E-state index >= 15 is 0 Å². The molecule has 108 valence electrons. The maximum Gasteiger partial charge on any atom is 0.330 e. The highest BCUT2D eigenvalue weighted by Crippen LogP contribution is 2.48. The molecule has 0 spiro atoms. The molecule has 3 unspecified atom stereocenters. The average Bonchev–Trinajstić information content (AvgIpc) is 3.01. The monoisotopic (exact) mass is 276 g/mol. The highest BCUT2D eigenvalue weighted by Gasteiger charge is 2.39. The van der Waals surface area contributed by atoms with Gasteiger partial charge in [-0.05, 0) is 43.9 Å². The summed E-state index contributed by atoms with van der Waals surface area (Å²) < 4.78 is 2.60. The van der Waals surface area contributed by atoms with E-state index in [1.165, 1.54) is 45.9 Å². The number of nitrogens with zero attached hydrogens (tertiary/aromatic N) is 2. The van der Waals surface area contributed by atoms with Crippen molar-refractivity contribution in [3.63, 3.8) is 0 Å². The van der Waals surface area contributed by atoms with Gasteiger partial charge in [0.1, 0.15) is 0 Å². The van der Waals surface area contributed by atoms with Crippen LogP contribution in [0.1, 0.15) is 43.0 Å². The molecule has 0 amide bonds. The fourth-order valence-electron chi connectivity index (χ4n) is 3.95. The van der Waals surface area contributed by atoms with Gasteiger partial charge in [0.15, 0.2) is 5.78 Å². The largest absolute Gasteiger partial charge is 0.330 e. The second-order valence-corrected chi connectivity index (χ2v) is 6.33. The van der Waals surface area contributed by atoms with E-state index < -0.39 is 5.56 Å². The van der Waals surface area contributed by atoms with Crippen molar-refractivity contribution in [2.24, 2.45) is 24.8 Å². The van der Waals surface area contributed by atoms with Gasteiger partial charge in [0.2, 0.25) is 0 Å². The van der Waals surface area contributed by atoms with E-state index in [1.807, 2.05) is 0 Å². The zero-order chi connectivity index (χ0) is 14.4. The van der Waals surface area contributed by atoms with Gasteiger partial charge in [-0.3, -0.25) is 18.7 Å². The van der Waals surface area contributed by atoms with Crippen LogP contribution in [0, 0.1) is 17.8 Å². The Kier molecular flexibility index (Phi) is 3.15. The third-order valence-corrected chi connectivity index (χ3v) is 5.05. The summed E-state index contributed by atoms with van der Waals surface area (Å²) in [5, 5.41) is 0. The number of fused-ring (bicyclic) bond motifs is 2. The van der Waals surface area contributed by atoms with Crippen molar-refractivity contribution in [2.45, 2.75) is 39.2 Å². The summed E-state index contributed by atoms with van der Waals surface area (Å²) in [5.41, 5.74) is -0.704. The molecule has 3 atom stereocenters. The molecule has 0 aliphatic heterocycles. The summed E-state index contributed by atoms with van der Waals surface area (Å²) in [7, 11) is 1.44. The minimum absolute atomic E-state index is 0.107. The number of carbonyl (C=O) groups excluding carboxylic acids is 1. The molecule has 0 radical (unpaired) electrons. The zero-order valence-corrected chi connectivity index (χ0v) is 12.0. The summed E-state index contributed by atoms with van der Waals surface area (Å²) in [6.45, 7) is 2.00. The van der Waals surface area contributed by atoms with Crippen LogP contribution in [0.15, 0.2) is 15.8 Å². The Morgan fingerprint density at radius 1 is 1.30 bits per heavy atom. The van der Waals surface area contributed by atoms with Crippen LogP contribution in [0.2, 0.25) is 0 Å². The number of aromatic nitrogens is 2. The molecule has 3 rings (SSSR count). The van der Waals surface area contributed by atoms with Gasteiger partial charge < -0.3 is 0 Å².